The van der Waals surface area contributed by atoms with Crippen molar-refractivity contribution in [3.8, 4) is 0 Å². The van der Waals surface area contributed by atoms with Gasteiger partial charge in [-0.2, -0.15) is 0 Å². The zero-order chi connectivity index (χ0) is 71.2. The number of rotatable bonds is 78. The van der Waals surface area contributed by atoms with Crippen molar-refractivity contribution in [2.24, 2.45) is 5.92 Å². The van der Waals surface area contributed by atoms with E-state index in [1.807, 2.05) is 0 Å². The molecule has 0 aliphatic heterocycles. The molecule has 0 aliphatic carbocycles. The number of esters is 4. The first kappa shape index (κ1) is 95.1. The molecule has 0 radical (unpaired) electrons. The lowest BCUT2D eigenvalue weighted by atomic mass is 10.0. The van der Waals surface area contributed by atoms with Crippen LogP contribution in [0.25, 0.3) is 0 Å². The molecule has 0 aromatic rings. The molecule has 0 saturated heterocycles. The Kier molecular flexibility index (Phi) is 69.6. The first-order chi connectivity index (χ1) is 47.0. The molecule has 0 spiro atoms. The highest BCUT2D eigenvalue weighted by atomic mass is 31.2. The van der Waals surface area contributed by atoms with Crippen LogP contribution >= 0.6 is 15.6 Å². The topological polar surface area (TPSA) is 237 Å². The normalized spacial score (nSPS) is 13.9. The van der Waals surface area contributed by atoms with Crippen LogP contribution in [0, 0.1) is 5.92 Å². The Hall–Kier alpha value is -1.94. The molecule has 0 bridgehead atoms. The van der Waals surface area contributed by atoms with Crippen LogP contribution in [-0.4, -0.2) is 96.7 Å². The number of phosphoric acid groups is 2. The summed E-state index contributed by atoms with van der Waals surface area (Å²) in [5, 5.41) is 10.6. The molecule has 97 heavy (non-hydrogen) atoms. The smallest absolute Gasteiger partial charge is 0.462 e. The van der Waals surface area contributed by atoms with E-state index in [2.05, 4.69) is 34.6 Å². The van der Waals surface area contributed by atoms with Gasteiger partial charge in [0.05, 0.1) is 26.4 Å². The molecule has 0 fully saturated rings. The van der Waals surface area contributed by atoms with Crippen molar-refractivity contribution in [2.45, 2.75) is 432 Å². The monoisotopic (exact) mass is 1420 g/mol. The Morgan fingerprint density at radius 1 is 0.278 bits per heavy atom. The third-order valence-electron chi connectivity index (χ3n) is 18.3. The van der Waals surface area contributed by atoms with Crippen LogP contribution in [0.1, 0.15) is 413 Å². The van der Waals surface area contributed by atoms with Gasteiger partial charge in [0.25, 0.3) is 0 Å². The third kappa shape index (κ3) is 72.2. The summed E-state index contributed by atoms with van der Waals surface area (Å²) in [6.45, 7) is 7.33. The van der Waals surface area contributed by atoms with Gasteiger partial charge >= 0.3 is 39.5 Å². The van der Waals surface area contributed by atoms with E-state index in [1.54, 1.807) is 0 Å². The molecule has 576 valence electrons. The average Bonchev–Trinajstić information content (AvgIpc) is 1.75. The number of carbonyl (C=O) groups excluding carboxylic acids is 4. The molecule has 0 aromatic carbocycles. The molecule has 2 unspecified atom stereocenters. The molecule has 0 rings (SSSR count). The maximum atomic E-state index is 13.1. The molecule has 0 amide bonds. The van der Waals surface area contributed by atoms with Crippen molar-refractivity contribution in [2.75, 3.05) is 39.6 Å². The summed E-state index contributed by atoms with van der Waals surface area (Å²) in [4.78, 5) is 72.9. The van der Waals surface area contributed by atoms with Gasteiger partial charge in [-0.15, -0.1) is 0 Å². The van der Waals surface area contributed by atoms with Gasteiger partial charge in [0.2, 0.25) is 0 Å². The summed E-state index contributed by atoms with van der Waals surface area (Å²) in [5.74, 6) is -1.31. The largest absolute Gasteiger partial charge is 0.472 e. The fourth-order valence-corrected chi connectivity index (χ4v) is 13.6. The summed E-state index contributed by atoms with van der Waals surface area (Å²) >= 11 is 0. The third-order valence-corrected chi connectivity index (χ3v) is 20.2. The van der Waals surface area contributed by atoms with Crippen LogP contribution < -0.4 is 0 Å². The zero-order valence-electron chi connectivity index (χ0n) is 63.2. The van der Waals surface area contributed by atoms with Crippen LogP contribution in [0.3, 0.4) is 0 Å². The number of aliphatic hydroxyl groups excluding tert-OH is 1. The second-order valence-electron chi connectivity index (χ2n) is 28.6. The van der Waals surface area contributed by atoms with Gasteiger partial charge in [-0.3, -0.25) is 37.3 Å². The summed E-state index contributed by atoms with van der Waals surface area (Å²) in [6, 6.07) is 0. The maximum absolute atomic E-state index is 13.1. The first-order valence-electron chi connectivity index (χ1n) is 40.6. The molecular formula is C78H152O17P2. The van der Waals surface area contributed by atoms with E-state index in [4.69, 9.17) is 37.0 Å². The van der Waals surface area contributed by atoms with Crippen molar-refractivity contribution in [1.29, 1.82) is 0 Å². The molecular weight excluding hydrogens is 1270 g/mol. The molecule has 0 heterocycles. The average molecular weight is 1420 g/mol. The minimum absolute atomic E-state index is 0.108. The van der Waals surface area contributed by atoms with Crippen molar-refractivity contribution >= 4 is 39.5 Å². The lowest BCUT2D eigenvalue weighted by molar-refractivity contribution is -0.161. The predicted octanol–water partition coefficient (Wildman–Crippen LogP) is 23.3. The number of hydrogen-bond acceptors (Lipinski definition) is 15. The Bertz CT molecular complexity index is 1860. The van der Waals surface area contributed by atoms with E-state index in [0.717, 1.165) is 95.8 Å². The summed E-state index contributed by atoms with van der Waals surface area (Å²) in [5.41, 5.74) is 0. The quantitative estimate of drug-likeness (QED) is 0.0222. The summed E-state index contributed by atoms with van der Waals surface area (Å²) < 4.78 is 68.6. The molecule has 0 aromatic heterocycles. The fraction of sp³-hybridized carbons (Fsp3) is 0.949. The standard InChI is InChI=1S/C78H152O17P2/c1-6-9-12-15-18-21-24-26-27-30-34-37-42-47-52-57-62-76(81)89-68-74(95-78(83)64-59-54-49-44-39-35-31-28-29-33-36-40-45-50-55-60-71(4)5)70-93-97(86,87)91-66-72(79)65-90-96(84,85)92-69-73(67-88-75(80)61-56-51-46-41-23-20-17-14-11-8-3)94-77(82)63-58-53-48-43-38-32-25-22-19-16-13-10-7-2/h71-74,79H,6-70H2,1-5H3,(H,84,85)(H,86,87)/t72-,73+,74+/m0/s1. The van der Waals surface area contributed by atoms with Gasteiger partial charge in [0.1, 0.15) is 19.3 Å². The molecule has 19 heteroatoms. The van der Waals surface area contributed by atoms with E-state index in [9.17, 15) is 43.2 Å². The van der Waals surface area contributed by atoms with Crippen LogP contribution in [0.4, 0.5) is 0 Å². The molecule has 0 aliphatic rings. The predicted molar refractivity (Wildman–Crippen MR) is 395 cm³/mol. The minimum Gasteiger partial charge on any atom is -0.462 e. The highest BCUT2D eigenvalue weighted by Gasteiger charge is 2.30. The first-order valence-corrected chi connectivity index (χ1v) is 43.6. The number of hydrogen-bond donors (Lipinski definition) is 3. The van der Waals surface area contributed by atoms with Crippen molar-refractivity contribution in [3.05, 3.63) is 0 Å². The highest BCUT2D eigenvalue weighted by molar-refractivity contribution is 7.47. The van der Waals surface area contributed by atoms with E-state index in [1.165, 1.54) is 238 Å². The fourth-order valence-electron chi connectivity index (χ4n) is 12.1. The summed E-state index contributed by atoms with van der Waals surface area (Å²) in [6.07, 6.45) is 60.9. The molecule has 5 atom stereocenters. The number of unbranched alkanes of at least 4 members (excludes halogenated alkanes) is 50. The molecule has 17 nitrogen and oxygen atoms in total. The Morgan fingerprint density at radius 3 is 0.701 bits per heavy atom. The Balaban J connectivity index is 5.24. The molecule has 0 saturated carbocycles. The van der Waals surface area contributed by atoms with E-state index in [-0.39, 0.29) is 25.7 Å². The second-order valence-corrected chi connectivity index (χ2v) is 31.5. The zero-order valence-corrected chi connectivity index (χ0v) is 65.0. The van der Waals surface area contributed by atoms with Gasteiger partial charge in [-0.1, -0.05) is 362 Å². The van der Waals surface area contributed by atoms with Gasteiger partial charge < -0.3 is 33.8 Å². The Labute approximate surface area is 594 Å². The number of aliphatic hydroxyl groups is 1. The minimum atomic E-state index is -4.96. The van der Waals surface area contributed by atoms with Crippen LogP contribution in [0.15, 0.2) is 0 Å². The number of phosphoric ester groups is 2. The maximum Gasteiger partial charge on any atom is 0.472 e. The lowest BCUT2D eigenvalue weighted by Gasteiger charge is -2.21. The summed E-state index contributed by atoms with van der Waals surface area (Å²) in [7, 11) is -9.91. The van der Waals surface area contributed by atoms with E-state index < -0.39 is 97.5 Å². The Morgan fingerprint density at radius 2 is 0.474 bits per heavy atom. The van der Waals surface area contributed by atoms with Crippen LogP contribution in [0.5, 0.6) is 0 Å². The van der Waals surface area contributed by atoms with E-state index >= 15 is 0 Å². The van der Waals surface area contributed by atoms with Crippen molar-refractivity contribution < 1.29 is 80.2 Å². The lowest BCUT2D eigenvalue weighted by Crippen LogP contribution is -2.30. The SMILES string of the molecule is CCCCCCCCCCCCCCCCCCC(=O)OC[C@H](COP(=O)(O)OC[C@@H](O)COP(=O)(O)OC[C@@H](COC(=O)CCCCCCCCCCCC)OC(=O)CCCCCCCCCCCCCCC)OC(=O)CCCCCCCCCCCCCCCCCC(C)C. The van der Waals surface area contributed by atoms with Gasteiger partial charge in [0.15, 0.2) is 12.2 Å². The van der Waals surface area contributed by atoms with Crippen molar-refractivity contribution in [1.82, 2.24) is 0 Å². The van der Waals surface area contributed by atoms with Gasteiger partial charge in [-0.05, 0) is 31.6 Å². The highest BCUT2D eigenvalue weighted by Crippen LogP contribution is 2.45. The van der Waals surface area contributed by atoms with Gasteiger partial charge in [0, 0.05) is 25.7 Å². The number of ether oxygens (including phenoxy) is 4. The van der Waals surface area contributed by atoms with E-state index in [0.29, 0.717) is 25.7 Å². The van der Waals surface area contributed by atoms with Gasteiger partial charge in [-0.25, -0.2) is 9.13 Å². The number of carbonyl (C=O) groups is 4. The van der Waals surface area contributed by atoms with Crippen molar-refractivity contribution in [3.63, 3.8) is 0 Å². The van der Waals surface area contributed by atoms with Crippen LogP contribution in [0.2, 0.25) is 0 Å². The molecule has 3 N–H and O–H groups in total. The second kappa shape index (κ2) is 71.1. The van der Waals surface area contributed by atoms with Crippen LogP contribution in [-0.2, 0) is 65.4 Å².